The maximum Gasteiger partial charge on any atom is 0.287 e. The molecule has 0 aliphatic rings. The number of unbranched alkanes of at least 4 members (excludes halogenated alkanes) is 1. The van der Waals surface area contributed by atoms with Crippen LogP contribution in [0, 0.1) is 5.82 Å². The van der Waals surface area contributed by atoms with E-state index in [2.05, 4.69) is 12.2 Å². The molecule has 0 radical (unpaired) electrons. The molecular formula is C17H22ClFN2O2. The minimum absolute atomic E-state index is 0. The largest absolute Gasteiger partial charge is 0.451 e. The molecule has 1 amide bonds. The van der Waals surface area contributed by atoms with Crippen molar-refractivity contribution in [3.05, 3.63) is 48.0 Å². The molecular weight excluding hydrogens is 319 g/mol. The number of hydrogen-bond acceptors (Lipinski definition) is 3. The predicted octanol–water partition coefficient (Wildman–Crippen LogP) is 3.75. The maximum atomic E-state index is 13.7. The Hall–Kier alpha value is -1.85. The third-order valence-electron chi connectivity index (χ3n) is 3.49. The van der Waals surface area contributed by atoms with Gasteiger partial charge in [-0.3, -0.25) is 4.79 Å². The first kappa shape index (κ1) is 19.2. The molecule has 2 rings (SSSR count). The molecule has 0 fully saturated rings. The van der Waals surface area contributed by atoms with Gasteiger partial charge in [-0.1, -0.05) is 31.9 Å². The van der Waals surface area contributed by atoms with Gasteiger partial charge >= 0.3 is 0 Å². The Morgan fingerprint density at radius 2 is 2.04 bits per heavy atom. The lowest BCUT2D eigenvalue weighted by Gasteiger charge is -2.15. The summed E-state index contributed by atoms with van der Waals surface area (Å²) >= 11 is 0. The molecule has 1 aromatic heterocycles. The molecule has 126 valence electrons. The number of halogens is 2. The van der Waals surface area contributed by atoms with Gasteiger partial charge < -0.3 is 15.5 Å². The van der Waals surface area contributed by atoms with Gasteiger partial charge in [0, 0.05) is 12.6 Å². The SMILES string of the molecule is CCCCC(CN)NC(=O)c1ccc(-c2ccccc2F)o1.Cl. The summed E-state index contributed by atoms with van der Waals surface area (Å²) in [5, 5.41) is 2.85. The number of rotatable bonds is 7. The van der Waals surface area contributed by atoms with Gasteiger partial charge in [0.15, 0.2) is 5.76 Å². The zero-order valence-electron chi connectivity index (χ0n) is 13.0. The molecule has 0 saturated carbocycles. The van der Waals surface area contributed by atoms with Crippen LogP contribution in [-0.2, 0) is 0 Å². The van der Waals surface area contributed by atoms with Crippen LogP contribution in [0.2, 0.25) is 0 Å². The van der Waals surface area contributed by atoms with Crippen molar-refractivity contribution >= 4 is 18.3 Å². The average Bonchev–Trinajstić information content (AvgIpc) is 3.01. The molecule has 1 aromatic carbocycles. The highest BCUT2D eigenvalue weighted by Gasteiger charge is 2.17. The zero-order chi connectivity index (χ0) is 15.9. The van der Waals surface area contributed by atoms with Crippen molar-refractivity contribution in [2.75, 3.05) is 6.54 Å². The summed E-state index contributed by atoms with van der Waals surface area (Å²) in [5.41, 5.74) is 6.00. The number of nitrogens with two attached hydrogens (primary N) is 1. The Bertz CT molecular complexity index is 631. The molecule has 1 unspecified atom stereocenters. The Labute approximate surface area is 141 Å². The zero-order valence-corrected chi connectivity index (χ0v) is 13.9. The van der Waals surface area contributed by atoms with E-state index in [1.165, 1.54) is 6.07 Å². The Morgan fingerprint density at radius 1 is 1.30 bits per heavy atom. The fraction of sp³-hybridized carbons (Fsp3) is 0.353. The molecule has 3 N–H and O–H groups in total. The number of carbonyl (C=O) groups excluding carboxylic acids is 1. The monoisotopic (exact) mass is 340 g/mol. The molecule has 0 saturated heterocycles. The van der Waals surface area contributed by atoms with Gasteiger partial charge in [-0.15, -0.1) is 12.4 Å². The summed E-state index contributed by atoms with van der Waals surface area (Å²) in [6, 6.07) is 9.35. The van der Waals surface area contributed by atoms with Crippen molar-refractivity contribution < 1.29 is 13.6 Å². The van der Waals surface area contributed by atoms with Gasteiger partial charge in [0.05, 0.1) is 5.56 Å². The molecule has 0 aliphatic heterocycles. The fourth-order valence-corrected chi connectivity index (χ4v) is 2.22. The van der Waals surface area contributed by atoms with E-state index >= 15 is 0 Å². The summed E-state index contributed by atoms with van der Waals surface area (Å²) in [7, 11) is 0. The third kappa shape index (κ3) is 5.08. The second-order valence-electron chi connectivity index (χ2n) is 5.19. The van der Waals surface area contributed by atoms with E-state index in [4.69, 9.17) is 10.2 Å². The standard InChI is InChI=1S/C17H21FN2O2.ClH/c1-2-3-6-12(11-19)20-17(21)16-10-9-15(22-16)13-7-4-5-8-14(13)18;/h4-5,7-10,12H,2-3,6,11,19H2,1H3,(H,20,21);1H. The number of hydrogen-bond donors (Lipinski definition) is 2. The lowest BCUT2D eigenvalue weighted by atomic mass is 10.1. The van der Waals surface area contributed by atoms with Crippen LogP contribution in [0.4, 0.5) is 4.39 Å². The van der Waals surface area contributed by atoms with Crippen LogP contribution in [0.5, 0.6) is 0 Å². The van der Waals surface area contributed by atoms with Gasteiger partial charge in [0.2, 0.25) is 0 Å². The lowest BCUT2D eigenvalue weighted by Crippen LogP contribution is -2.40. The molecule has 1 heterocycles. The van der Waals surface area contributed by atoms with Crippen molar-refractivity contribution in [1.82, 2.24) is 5.32 Å². The third-order valence-corrected chi connectivity index (χ3v) is 3.49. The molecule has 4 nitrogen and oxygen atoms in total. The van der Waals surface area contributed by atoms with Crippen molar-refractivity contribution in [2.24, 2.45) is 5.73 Å². The van der Waals surface area contributed by atoms with Crippen molar-refractivity contribution in [1.29, 1.82) is 0 Å². The maximum absolute atomic E-state index is 13.7. The second-order valence-corrected chi connectivity index (χ2v) is 5.19. The highest BCUT2D eigenvalue weighted by atomic mass is 35.5. The van der Waals surface area contributed by atoms with E-state index in [1.807, 2.05) is 0 Å². The number of amides is 1. The quantitative estimate of drug-likeness (QED) is 0.806. The first-order valence-corrected chi connectivity index (χ1v) is 7.51. The number of carbonyl (C=O) groups is 1. The number of nitrogens with one attached hydrogen (secondary N) is 1. The molecule has 6 heteroatoms. The van der Waals surface area contributed by atoms with Gasteiger partial charge in [-0.2, -0.15) is 0 Å². The molecule has 0 spiro atoms. The van der Waals surface area contributed by atoms with Crippen LogP contribution >= 0.6 is 12.4 Å². The Balaban J connectivity index is 0.00000264. The molecule has 23 heavy (non-hydrogen) atoms. The Morgan fingerprint density at radius 3 is 2.70 bits per heavy atom. The van der Waals surface area contributed by atoms with Gasteiger partial charge in [0.25, 0.3) is 5.91 Å². The smallest absolute Gasteiger partial charge is 0.287 e. The first-order valence-electron chi connectivity index (χ1n) is 7.51. The summed E-state index contributed by atoms with van der Waals surface area (Å²) in [5.74, 6) is -0.213. The van der Waals surface area contributed by atoms with E-state index in [0.717, 1.165) is 19.3 Å². The van der Waals surface area contributed by atoms with Crippen LogP contribution in [-0.4, -0.2) is 18.5 Å². The van der Waals surface area contributed by atoms with Gasteiger partial charge in [-0.05, 0) is 30.7 Å². The Kier molecular flexibility index (Phi) is 7.78. The van der Waals surface area contributed by atoms with Crippen LogP contribution in [0.25, 0.3) is 11.3 Å². The summed E-state index contributed by atoms with van der Waals surface area (Å²) in [6.07, 6.45) is 2.88. The van der Waals surface area contributed by atoms with E-state index in [0.29, 0.717) is 17.9 Å². The highest BCUT2D eigenvalue weighted by molar-refractivity contribution is 5.92. The highest BCUT2D eigenvalue weighted by Crippen LogP contribution is 2.24. The van der Waals surface area contributed by atoms with Crippen molar-refractivity contribution in [2.45, 2.75) is 32.2 Å². The van der Waals surface area contributed by atoms with Crippen molar-refractivity contribution in [3.8, 4) is 11.3 Å². The van der Waals surface area contributed by atoms with E-state index in [9.17, 15) is 9.18 Å². The topological polar surface area (TPSA) is 68.3 Å². The van der Waals surface area contributed by atoms with Crippen LogP contribution in [0.1, 0.15) is 36.7 Å². The summed E-state index contributed by atoms with van der Waals surface area (Å²) in [4.78, 5) is 12.2. The molecule has 0 aliphatic carbocycles. The number of furan rings is 1. The van der Waals surface area contributed by atoms with Crippen LogP contribution < -0.4 is 11.1 Å². The average molecular weight is 341 g/mol. The van der Waals surface area contributed by atoms with Crippen LogP contribution in [0.3, 0.4) is 0 Å². The van der Waals surface area contributed by atoms with Crippen LogP contribution in [0.15, 0.2) is 40.8 Å². The van der Waals surface area contributed by atoms with Gasteiger partial charge in [-0.25, -0.2) is 4.39 Å². The van der Waals surface area contributed by atoms with Crippen molar-refractivity contribution in [3.63, 3.8) is 0 Å². The van der Waals surface area contributed by atoms with E-state index in [1.54, 1.807) is 30.3 Å². The second kappa shape index (κ2) is 9.33. The first-order chi connectivity index (χ1) is 10.7. The van der Waals surface area contributed by atoms with E-state index < -0.39 is 0 Å². The number of benzene rings is 1. The minimum Gasteiger partial charge on any atom is -0.451 e. The fourth-order valence-electron chi connectivity index (χ4n) is 2.22. The normalized spacial score (nSPS) is 11.6. The molecule has 2 aromatic rings. The molecule has 1 atom stereocenters. The lowest BCUT2D eigenvalue weighted by molar-refractivity contribution is 0.0908. The van der Waals surface area contributed by atoms with E-state index in [-0.39, 0.29) is 35.9 Å². The summed E-state index contributed by atoms with van der Waals surface area (Å²) in [6.45, 7) is 2.47. The van der Waals surface area contributed by atoms with Gasteiger partial charge in [0.1, 0.15) is 11.6 Å². The summed E-state index contributed by atoms with van der Waals surface area (Å²) < 4.78 is 19.2. The molecule has 0 bridgehead atoms. The predicted molar refractivity (Wildman–Crippen MR) is 91.2 cm³/mol. The minimum atomic E-state index is -0.383.